The molecule has 1 amide bonds. The standard InChI is InChI=1S/C19H12BrN7O3S2/c1-26-13-5-2-9(20)6-11(13)16-17(26)23-19(25-24-16)31-8-15(28)22-18-21-12-4-3-10(27(29)30)7-14(12)32-18/h2-7H,8H2,1H3,(H,21,22,28). The van der Waals surface area contributed by atoms with Gasteiger partial charge in [-0.15, -0.1) is 10.2 Å². The lowest BCUT2D eigenvalue weighted by atomic mass is 10.2. The second-order valence-corrected chi connectivity index (χ2v) is 9.64. The zero-order chi connectivity index (χ0) is 22.4. The predicted molar refractivity (Wildman–Crippen MR) is 127 cm³/mol. The van der Waals surface area contributed by atoms with E-state index in [1.165, 1.54) is 35.2 Å². The number of nitrogens with one attached hydrogen (secondary N) is 1. The van der Waals surface area contributed by atoms with E-state index < -0.39 is 4.92 Å². The molecule has 0 unspecified atom stereocenters. The summed E-state index contributed by atoms with van der Waals surface area (Å²) < 4.78 is 3.51. The van der Waals surface area contributed by atoms with E-state index in [9.17, 15) is 14.9 Å². The highest BCUT2D eigenvalue weighted by atomic mass is 79.9. The Morgan fingerprint density at radius 2 is 2.09 bits per heavy atom. The average Bonchev–Trinajstić information content (AvgIpc) is 3.29. The van der Waals surface area contributed by atoms with Crippen LogP contribution in [0.5, 0.6) is 0 Å². The molecule has 0 atom stereocenters. The van der Waals surface area contributed by atoms with E-state index in [4.69, 9.17) is 0 Å². The number of nitro groups is 1. The van der Waals surface area contributed by atoms with Crippen molar-refractivity contribution in [3.05, 3.63) is 51.0 Å². The first kappa shape index (κ1) is 20.7. The Balaban J connectivity index is 1.31. The minimum atomic E-state index is -0.465. The van der Waals surface area contributed by atoms with E-state index in [2.05, 4.69) is 41.4 Å². The number of hydrogen-bond donors (Lipinski definition) is 1. The van der Waals surface area contributed by atoms with Gasteiger partial charge in [0.2, 0.25) is 11.1 Å². The first-order valence-corrected chi connectivity index (χ1v) is 11.7. The van der Waals surface area contributed by atoms with Crippen molar-refractivity contribution in [2.75, 3.05) is 11.1 Å². The number of aromatic nitrogens is 5. The average molecular weight is 530 g/mol. The van der Waals surface area contributed by atoms with E-state index in [-0.39, 0.29) is 17.3 Å². The SMILES string of the molecule is Cn1c2ccc(Br)cc2c2nnc(SCC(=O)Nc3nc4ccc([N+](=O)[O-])cc4s3)nc21. The van der Waals surface area contributed by atoms with E-state index in [0.717, 1.165) is 15.4 Å². The first-order chi connectivity index (χ1) is 15.4. The van der Waals surface area contributed by atoms with Gasteiger partial charge in [0, 0.05) is 29.0 Å². The summed E-state index contributed by atoms with van der Waals surface area (Å²) in [7, 11) is 1.91. The monoisotopic (exact) mass is 529 g/mol. The molecular weight excluding hydrogens is 518 g/mol. The van der Waals surface area contributed by atoms with Gasteiger partial charge in [0.25, 0.3) is 5.69 Å². The molecule has 2 aromatic carbocycles. The summed E-state index contributed by atoms with van der Waals surface area (Å²) in [6.45, 7) is 0. The van der Waals surface area contributed by atoms with Crippen molar-refractivity contribution in [2.45, 2.75) is 5.16 Å². The van der Waals surface area contributed by atoms with Crippen molar-refractivity contribution >= 4 is 88.0 Å². The Morgan fingerprint density at radius 3 is 2.91 bits per heavy atom. The molecule has 0 aliphatic rings. The lowest BCUT2D eigenvalue weighted by molar-refractivity contribution is -0.384. The summed E-state index contributed by atoms with van der Waals surface area (Å²) in [4.78, 5) is 31.7. The van der Waals surface area contributed by atoms with Crippen LogP contribution in [0, 0.1) is 10.1 Å². The number of amides is 1. The molecule has 0 spiro atoms. The molecule has 13 heteroatoms. The normalized spacial score (nSPS) is 11.4. The Hall–Kier alpha value is -3.16. The zero-order valence-corrected chi connectivity index (χ0v) is 19.5. The number of halogens is 1. The van der Waals surface area contributed by atoms with Crippen molar-refractivity contribution in [3.8, 4) is 0 Å². The number of benzene rings is 2. The van der Waals surface area contributed by atoms with Crippen molar-refractivity contribution in [1.29, 1.82) is 0 Å². The van der Waals surface area contributed by atoms with Crippen LogP contribution in [0.3, 0.4) is 0 Å². The second-order valence-electron chi connectivity index (χ2n) is 6.75. The third-order valence-corrected chi connectivity index (χ3v) is 6.97. The Morgan fingerprint density at radius 1 is 1.25 bits per heavy atom. The number of hydrogen-bond acceptors (Lipinski definition) is 9. The summed E-state index contributed by atoms with van der Waals surface area (Å²) >= 11 is 5.81. The molecular formula is C19H12BrN7O3S2. The van der Waals surface area contributed by atoms with Gasteiger partial charge in [-0.25, -0.2) is 9.97 Å². The fourth-order valence-corrected chi connectivity index (χ4v) is 5.10. The van der Waals surface area contributed by atoms with E-state index in [0.29, 0.717) is 31.7 Å². The minimum absolute atomic E-state index is 0.0182. The molecule has 5 aromatic rings. The Kier molecular flexibility index (Phi) is 5.23. The number of carbonyl (C=O) groups is 1. The number of thioether (sulfide) groups is 1. The summed E-state index contributed by atoms with van der Waals surface area (Å²) in [5.41, 5.74) is 2.94. The molecule has 0 aliphatic heterocycles. The molecule has 1 N–H and O–H groups in total. The number of rotatable bonds is 5. The Bertz CT molecular complexity index is 1550. The van der Waals surface area contributed by atoms with Gasteiger partial charge < -0.3 is 9.88 Å². The van der Waals surface area contributed by atoms with E-state index in [1.54, 1.807) is 6.07 Å². The molecule has 0 radical (unpaired) electrons. The quantitative estimate of drug-likeness (QED) is 0.199. The van der Waals surface area contributed by atoms with Gasteiger partial charge in [-0.3, -0.25) is 14.9 Å². The number of nitrogens with zero attached hydrogens (tertiary/aromatic N) is 6. The van der Waals surface area contributed by atoms with E-state index >= 15 is 0 Å². The van der Waals surface area contributed by atoms with Crippen LogP contribution in [-0.4, -0.2) is 41.3 Å². The predicted octanol–water partition coefficient (Wildman–Crippen LogP) is 4.53. The topological polar surface area (TPSA) is 129 Å². The number of anilines is 1. The number of nitro benzene ring substituents is 1. The molecule has 10 nitrogen and oxygen atoms in total. The van der Waals surface area contributed by atoms with Gasteiger partial charge in [0.1, 0.15) is 5.52 Å². The maximum atomic E-state index is 12.4. The number of carbonyl (C=O) groups excluding carboxylic acids is 1. The molecule has 160 valence electrons. The fraction of sp³-hybridized carbons (Fsp3) is 0.105. The van der Waals surface area contributed by atoms with Gasteiger partial charge in [-0.2, -0.15) is 0 Å². The number of non-ortho nitro benzene ring substituents is 1. The third-order valence-electron chi connectivity index (χ3n) is 4.70. The minimum Gasteiger partial charge on any atom is -0.327 e. The third kappa shape index (κ3) is 3.78. The number of aryl methyl sites for hydroxylation is 1. The molecule has 0 saturated carbocycles. The van der Waals surface area contributed by atoms with Crippen LogP contribution < -0.4 is 5.32 Å². The van der Waals surface area contributed by atoms with Crippen LogP contribution in [0.2, 0.25) is 0 Å². The van der Waals surface area contributed by atoms with E-state index in [1.807, 2.05) is 29.8 Å². The molecule has 0 saturated heterocycles. The summed E-state index contributed by atoms with van der Waals surface area (Å²) in [6, 6.07) is 10.3. The smallest absolute Gasteiger partial charge is 0.270 e. The zero-order valence-electron chi connectivity index (χ0n) is 16.3. The van der Waals surface area contributed by atoms with Crippen LogP contribution in [0.25, 0.3) is 32.3 Å². The lowest BCUT2D eigenvalue weighted by Gasteiger charge is -2.01. The second kappa shape index (κ2) is 8.07. The molecule has 0 bridgehead atoms. The largest absolute Gasteiger partial charge is 0.327 e. The van der Waals surface area contributed by atoms with Gasteiger partial charge in [-0.05, 0) is 24.3 Å². The first-order valence-electron chi connectivity index (χ1n) is 9.15. The highest BCUT2D eigenvalue weighted by molar-refractivity contribution is 9.10. The molecule has 3 heterocycles. The number of thiazole rings is 1. The van der Waals surface area contributed by atoms with Gasteiger partial charge in [-0.1, -0.05) is 39.0 Å². The van der Waals surface area contributed by atoms with Crippen molar-refractivity contribution in [2.24, 2.45) is 7.05 Å². The molecule has 3 aromatic heterocycles. The lowest BCUT2D eigenvalue weighted by Crippen LogP contribution is -2.14. The van der Waals surface area contributed by atoms with Crippen LogP contribution >= 0.6 is 39.0 Å². The molecule has 0 aliphatic carbocycles. The van der Waals surface area contributed by atoms with Crippen LogP contribution in [0.15, 0.2) is 46.0 Å². The van der Waals surface area contributed by atoms with Crippen LogP contribution in [0.1, 0.15) is 0 Å². The Labute approximate surface area is 196 Å². The van der Waals surface area contributed by atoms with Crippen molar-refractivity contribution in [3.63, 3.8) is 0 Å². The maximum Gasteiger partial charge on any atom is 0.270 e. The van der Waals surface area contributed by atoms with Crippen LogP contribution in [0.4, 0.5) is 10.8 Å². The van der Waals surface area contributed by atoms with Crippen molar-refractivity contribution in [1.82, 2.24) is 24.7 Å². The van der Waals surface area contributed by atoms with Crippen molar-refractivity contribution < 1.29 is 9.72 Å². The number of fused-ring (bicyclic) bond motifs is 4. The summed E-state index contributed by atoms with van der Waals surface area (Å²) in [6.07, 6.45) is 0. The van der Waals surface area contributed by atoms with Gasteiger partial charge >= 0.3 is 0 Å². The molecule has 5 rings (SSSR count). The highest BCUT2D eigenvalue weighted by Crippen LogP contribution is 2.30. The summed E-state index contributed by atoms with van der Waals surface area (Å²) in [5, 5.41) is 23.8. The van der Waals surface area contributed by atoms with Gasteiger partial charge in [0.05, 0.1) is 26.4 Å². The van der Waals surface area contributed by atoms with Crippen LogP contribution in [-0.2, 0) is 11.8 Å². The maximum absolute atomic E-state index is 12.4. The molecule has 32 heavy (non-hydrogen) atoms. The molecule has 0 fully saturated rings. The highest BCUT2D eigenvalue weighted by Gasteiger charge is 2.15. The van der Waals surface area contributed by atoms with Gasteiger partial charge in [0.15, 0.2) is 10.8 Å². The fourth-order valence-electron chi connectivity index (χ4n) is 3.24. The summed E-state index contributed by atoms with van der Waals surface area (Å²) in [5.74, 6) is -0.216.